The summed E-state index contributed by atoms with van der Waals surface area (Å²) in [7, 11) is 0. The van der Waals surface area contributed by atoms with Crippen molar-refractivity contribution in [3.8, 4) is 6.07 Å². The van der Waals surface area contributed by atoms with Crippen LogP contribution in [-0.4, -0.2) is 71.3 Å². The molecule has 0 spiro atoms. The van der Waals surface area contributed by atoms with Crippen LogP contribution in [0.2, 0.25) is 0 Å². The molecule has 0 radical (unpaired) electrons. The Bertz CT molecular complexity index is 1340. The third-order valence-corrected chi connectivity index (χ3v) is 6.92. The Morgan fingerprint density at radius 2 is 1.92 bits per heavy atom. The van der Waals surface area contributed by atoms with Crippen LogP contribution in [0.5, 0.6) is 0 Å². The number of aryl methyl sites for hydroxylation is 1. The van der Waals surface area contributed by atoms with Crippen LogP contribution in [0.15, 0.2) is 12.1 Å². The van der Waals surface area contributed by atoms with E-state index in [4.69, 9.17) is 10.8 Å². The minimum Gasteiger partial charge on any atom is -0.370 e. The van der Waals surface area contributed by atoms with Crippen molar-refractivity contribution >= 4 is 34.2 Å². The molecule has 1 aromatic heterocycles. The third kappa shape index (κ3) is 4.80. The molecular formula is C24H24F5N7O. The lowest BCUT2D eigenvalue weighted by Crippen LogP contribution is -2.58. The molecule has 196 valence electrons. The molecular weight excluding hydrogens is 497 g/mol. The molecule has 2 atom stereocenters. The molecule has 1 amide bonds. The largest absolute Gasteiger partial charge is 0.449 e. The number of halogens is 5. The summed E-state index contributed by atoms with van der Waals surface area (Å²) in [5.74, 6) is -4.83. The molecule has 37 heavy (non-hydrogen) atoms. The molecule has 2 aliphatic heterocycles. The van der Waals surface area contributed by atoms with Gasteiger partial charge in [-0.05, 0) is 25.3 Å². The summed E-state index contributed by atoms with van der Waals surface area (Å²) < 4.78 is 67.2. The third-order valence-electron chi connectivity index (χ3n) is 6.92. The number of piperazine rings is 1. The molecule has 2 fully saturated rings. The summed E-state index contributed by atoms with van der Waals surface area (Å²) in [6.07, 6.45) is -4.55. The number of anilines is 1. The molecule has 2 aliphatic rings. The second-order valence-electron chi connectivity index (χ2n) is 9.34. The molecule has 0 bridgehead atoms. The van der Waals surface area contributed by atoms with Gasteiger partial charge in [0.1, 0.15) is 23.2 Å². The minimum atomic E-state index is -4.89. The Hall–Kier alpha value is -3.82. The molecule has 2 N–H and O–H groups in total. The molecule has 13 heteroatoms. The summed E-state index contributed by atoms with van der Waals surface area (Å²) in [4.78, 5) is 21.1. The lowest BCUT2D eigenvalue weighted by Gasteiger charge is -2.42. The number of piperidine rings is 1. The van der Waals surface area contributed by atoms with Crippen molar-refractivity contribution in [3.05, 3.63) is 35.0 Å². The molecule has 3 heterocycles. The molecule has 0 aliphatic carbocycles. The van der Waals surface area contributed by atoms with Gasteiger partial charge in [-0.2, -0.15) is 18.4 Å². The highest BCUT2D eigenvalue weighted by atomic mass is 19.4. The van der Waals surface area contributed by atoms with E-state index in [1.54, 1.807) is 6.92 Å². The van der Waals surface area contributed by atoms with E-state index in [0.29, 0.717) is 29.2 Å². The fourth-order valence-corrected chi connectivity index (χ4v) is 5.09. The Kier molecular flexibility index (Phi) is 6.79. The molecule has 4 rings (SSSR count). The highest BCUT2D eigenvalue weighted by Gasteiger charge is 2.43. The van der Waals surface area contributed by atoms with Crippen LogP contribution in [-0.2, 0) is 4.79 Å². The van der Waals surface area contributed by atoms with E-state index in [9.17, 15) is 32.0 Å². The van der Waals surface area contributed by atoms with E-state index in [-0.39, 0.29) is 54.5 Å². The summed E-state index contributed by atoms with van der Waals surface area (Å²) in [6, 6.07) is 3.93. The Balaban J connectivity index is 1.54. The fourth-order valence-electron chi connectivity index (χ4n) is 5.09. The van der Waals surface area contributed by atoms with E-state index < -0.39 is 35.4 Å². The van der Waals surface area contributed by atoms with E-state index in [1.165, 1.54) is 4.90 Å². The SMILES string of the molecule is Cc1nc2c(F)cc(F)cc2c(N2CC[C@H](C(=O)N3CCN(C(=N)C(F)(F)F)C(=N)C3)[C@H](C)C2)c1C#N. The van der Waals surface area contributed by atoms with Crippen molar-refractivity contribution in [2.24, 2.45) is 11.8 Å². The van der Waals surface area contributed by atoms with E-state index in [0.717, 1.165) is 12.1 Å². The Morgan fingerprint density at radius 1 is 1.22 bits per heavy atom. The maximum atomic E-state index is 14.5. The number of amidine groups is 2. The molecule has 0 saturated carbocycles. The number of alkyl halides is 3. The average molecular weight is 521 g/mol. The second-order valence-corrected chi connectivity index (χ2v) is 9.34. The Labute approximate surface area is 209 Å². The van der Waals surface area contributed by atoms with Crippen LogP contribution in [0.4, 0.5) is 27.6 Å². The number of hydrogen-bond acceptors (Lipinski definition) is 6. The minimum absolute atomic E-state index is 0.0560. The number of pyridine rings is 1. The van der Waals surface area contributed by atoms with E-state index in [2.05, 4.69) is 11.1 Å². The molecule has 1 aromatic carbocycles. The predicted octanol–water partition coefficient (Wildman–Crippen LogP) is 3.82. The normalized spacial score (nSPS) is 20.8. The zero-order valence-electron chi connectivity index (χ0n) is 20.1. The highest BCUT2D eigenvalue weighted by molar-refractivity contribution is 6.03. The van der Waals surface area contributed by atoms with Gasteiger partial charge in [-0.15, -0.1) is 0 Å². The van der Waals surface area contributed by atoms with E-state index >= 15 is 0 Å². The smallest absolute Gasteiger partial charge is 0.370 e. The van der Waals surface area contributed by atoms with Crippen LogP contribution >= 0.6 is 0 Å². The number of rotatable bonds is 2. The average Bonchev–Trinajstić information content (AvgIpc) is 2.82. The number of carbonyl (C=O) groups excluding carboxylic acids is 1. The second kappa shape index (κ2) is 9.57. The van der Waals surface area contributed by atoms with Gasteiger partial charge in [0.05, 0.1) is 23.5 Å². The zero-order valence-corrected chi connectivity index (χ0v) is 20.1. The van der Waals surface area contributed by atoms with Gasteiger partial charge in [-0.25, -0.2) is 13.8 Å². The lowest BCUT2D eigenvalue weighted by atomic mass is 9.84. The zero-order chi connectivity index (χ0) is 27.2. The quantitative estimate of drug-likeness (QED) is 0.355. The molecule has 2 saturated heterocycles. The van der Waals surface area contributed by atoms with Gasteiger partial charge in [0.2, 0.25) is 11.7 Å². The summed E-state index contributed by atoms with van der Waals surface area (Å²) in [6.45, 7) is 3.27. The maximum Gasteiger partial charge on any atom is 0.449 e. The number of hydrogen-bond donors (Lipinski definition) is 2. The first-order valence-corrected chi connectivity index (χ1v) is 11.6. The lowest BCUT2D eigenvalue weighted by molar-refractivity contribution is -0.137. The maximum absolute atomic E-state index is 14.5. The van der Waals surface area contributed by atoms with Gasteiger partial charge in [-0.3, -0.25) is 15.6 Å². The predicted molar refractivity (Wildman–Crippen MR) is 125 cm³/mol. The summed E-state index contributed by atoms with van der Waals surface area (Å²) in [5, 5.41) is 25.2. The number of fused-ring (bicyclic) bond motifs is 1. The van der Waals surface area contributed by atoms with Gasteiger partial charge in [0.25, 0.3) is 0 Å². The fraction of sp³-hybridized carbons (Fsp3) is 0.458. The van der Waals surface area contributed by atoms with Gasteiger partial charge < -0.3 is 14.7 Å². The number of amides is 1. The van der Waals surface area contributed by atoms with Crippen LogP contribution in [0.3, 0.4) is 0 Å². The number of nitrogens with zero attached hydrogens (tertiary/aromatic N) is 5. The monoisotopic (exact) mass is 521 g/mol. The van der Waals surface area contributed by atoms with Crippen LogP contribution in [0, 0.1) is 52.5 Å². The van der Waals surface area contributed by atoms with E-state index in [1.807, 2.05) is 11.8 Å². The van der Waals surface area contributed by atoms with Crippen molar-refractivity contribution in [1.29, 1.82) is 16.1 Å². The number of nitrogens with one attached hydrogen (secondary N) is 2. The van der Waals surface area contributed by atoms with Gasteiger partial charge in [-0.1, -0.05) is 6.92 Å². The highest BCUT2D eigenvalue weighted by Crippen LogP contribution is 2.37. The molecule has 0 unspecified atom stereocenters. The number of carbonyl (C=O) groups is 1. The summed E-state index contributed by atoms with van der Waals surface area (Å²) in [5.41, 5.74) is 0.773. The van der Waals surface area contributed by atoms with Crippen LogP contribution in [0.1, 0.15) is 24.6 Å². The molecule has 2 aromatic rings. The topological polar surface area (TPSA) is 111 Å². The van der Waals surface area contributed by atoms with Gasteiger partial charge in [0, 0.05) is 43.5 Å². The standard InChI is InChI=1S/C24H24F5N7O/c1-12-10-34(21-16-7-14(25)8-18(26)20(16)33-13(2)17(21)9-30)4-3-15(12)22(37)35-5-6-36(19(31)11-35)23(32)24(27,28)29/h7-8,12,15,31-32H,3-6,10-11H2,1-2H3/t12-,15+/m1/s1. The first kappa shape index (κ1) is 26.2. The first-order chi connectivity index (χ1) is 17.3. The number of benzene rings is 1. The van der Waals surface area contributed by atoms with Gasteiger partial charge >= 0.3 is 6.18 Å². The van der Waals surface area contributed by atoms with Crippen molar-refractivity contribution in [2.45, 2.75) is 26.4 Å². The number of nitriles is 1. The van der Waals surface area contributed by atoms with Crippen molar-refractivity contribution < 1.29 is 26.7 Å². The van der Waals surface area contributed by atoms with Crippen LogP contribution < -0.4 is 4.90 Å². The molecule has 8 nitrogen and oxygen atoms in total. The van der Waals surface area contributed by atoms with Crippen LogP contribution in [0.25, 0.3) is 10.9 Å². The first-order valence-electron chi connectivity index (χ1n) is 11.6. The number of aromatic nitrogens is 1. The van der Waals surface area contributed by atoms with Crippen molar-refractivity contribution in [2.75, 3.05) is 37.6 Å². The van der Waals surface area contributed by atoms with Crippen molar-refractivity contribution in [1.82, 2.24) is 14.8 Å². The van der Waals surface area contributed by atoms with Gasteiger partial charge in [0.15, 0.2) is 5.82 Å². The Morgan fingerprint density at radius 3 is 2.51 bits per heavy atom. The summed E-state index contributed by atoms with van der Waals surface area (Å²) >= 11 is 0. The van der Waals surface area contributed by atoms with Crippen molar-refractivity contribution in [3.63, 3.8) is 0 Å².